The molecule has 0 amide bonds. The normalized spacial score (nSPS) is 10.7. The number of hydrogen-bond donors (Lipinski definition) is 3. The molecule has 0 spiro atoms. The van der Waals surface area contributed by atoms with E-state index < -0.39 is 5.97 Å². The van der Waals surface area contributed by atoms with Gasteiger partial charge >= 0.3 is 5.97 Å². The van der Waals surface area contributed by atoms with E-state index in [-0.39, 0.29) is 35.1 Å². The Bertz CT molecular complexity index is 5460. The number of rotatable bonds is 16. The van der Waals surface area contributed by atoms with Gasteiger partial charge < -0.3 is 19.5 Å². The van der Waals surface area contributed by atoms with E-state index >= 15 is 0 Å². The Balaban J connectivity index is 0.000000137. The smallest absolute Gasteiger partial charge is 0.335 e. The van der Waals surface area contributed by atoms with Crippen molar-refractivity contribution in [2.45, 2.75) is 0 Å². The summed E-state index contributed by atoms with van der Waals surface area (Å²) in [6.07, 6.45) is 35.4. The van der Waals surface area contributed by atoms with Crippen molar-refractivity contribution in [3.63, 3.8) is 0 Å². The molecule has 111 heavy (non-hydrogen) atoms. The third kappa shape index (κ3) is 21.7. The van der Waals surface area contributed by atoms with Gasteiger partial charge in [-0.05, 0) is 240 Å². The maximum atomic E-state index is 12.3. The number of aromatic amines is 2. The van der Waals surface area contributed by atoms with E-state index in [0.29, 0.717) is 78.5 Å². The molecule has 0 saturated heterocycles. The quantitative estimate of drug-likeness (QED) is 0.0809. The number of H-pyrrole nitrogens is 2. The van der Waals surface area contributed by atoms with E-state index in [4.69, 9.17) is 30.6 Å². The number of aromatic nitrogens is 12. The van der Waals surface area contributed by atoms with Gasteiger partial charge in [-0.25, -0.2) is 28.2 Å². The SMILES string of the molecule is N#Cc1cccc(C(=O)n2ccc(/C=C/c3cc[nH]c3)n2)c1.N#Cc1cccc(C(=O)n2ccc(/C=C/c3ccc[nH]3)n2)c1.N#Cc1cccc(C(=O)n2ccc(/C=C/c3ccoc3)n2)c1.N#Cc1cccc(C(=O)n2ccc(/C=C/c3ccsc3)n2)c1.O=C(O)c1ccc(C(=O)n2ccc(/C=C/c3cccs3)n2)cc1. The van der Waals surface area contributed by atoms with Gasteiger partial charge in [0.15, 0.2) is 0 Å². The van der Waals surface area contributed by atoms with Crippen LogP contribution in [-0.2, 0) is 0 Å². The summed E-state index contributed by atoms with van der Waals surface area (Å²) >= 11 is 3.25. The number of carbonyl (C=O) groups excluding carboxylic acids is 5. The maximum absolute atomic E-state index is 12.3. The number of carbonyl (C=O) groups is 6. The number of aromatic carboxylic acids is 1. The largest absolute Gasteiger partial charge is 0.478 e. The van der Waals surface area contributed by atoms with Gasteiger partial charge in [0.05, 0.1) is 93.1 Å². The molecule has 0 aliphatic rings. The van der Waals surface area contributed by atoms with Crippen molar-refractivity contribution in [3.8, 4) is 24.3 Å². The predicted octanol–water partition coefficient (Wildman–Crippen LogP) is 16.3. The van der Waals surface area contributed by atoms with Gasteiger partial charge in [-0.15, -0.1) is 11.3 Å². The van der Waals surface area contributed by atoms with E-state index in [1.807, 2.05) is 156 Å². The predicted molar refractivity (Wildman–Crippen MR) is 421 cm³/mol. The van der Waals surface area contributed by atoms with Crippen molar-refractivity contribution in [1.82, 2.24) is 58.9 Å². The Morgan fingerprint density at radius 1 is 0.387 bits per heavy atom. The minimum Gasteiger partial charge on any atom is -0.478 e. The van der Waals surface area contributed by atoms with Gasteiger partial charge in [0.2, 0.25) is 0 Å². The van der Waals surface area contributed by atoms with Crippen LogP contribution in [0.4, 0.5) is 0 Å². The first kappa shape index (κ1) is 76.0. The lowest BCUT2D eigenvalue weighted by Crippen LogP contribution is -2.13. The highest BCUT2D eigenvalue weighted by atomic mass is 32.1. The lowest BCUT2D eigenvalue weighted by molar-refractivity contribution is 0.0695. The Kier molecular flexibility index (Phi) is 26.1. The number of carboxylic acid groups (broad SMARTS) is 1. The number of nitriles is 4. The maximum Gasteiger partial charge on any atom is 0.335 e. The molecule has 10 aromatic heterocycles. The van der Waals surface area contributed by atoms with Crippen LogP contribution in [0.2, 0.25) is 0 Å². The second kappa shape index (κ2) is 38.0. The summed E-state index contributed by atoms with van der Waals surface area (Å²) in [5.74, 6) is -2.40. The van der Waals surface area contributed by atoms with Crippen molar-refractivity contribution >= 4 is 119 Å². The van der Waals surface area contributed by atoms with Crippen LogP contribution in [0, 0.1) is 45.3 Å². The third-order valence-corrected chi connectivity index (χ3v) is 17.0. The van der Waals surface area contributed by atoms with Crippen LogP contribution in [-0.4, -0.2) is 99.5 Å². The highest BCUT2D eigenvalue weighted by Crippen LogP contribution is 2.18. The molecular formula is C85H58N16O8S2. The summed E-state index contributed by atoms with van der Waals surface area (Å²) < 4.78 is 11.3. The van der Waals surface area contributed by atoms with Crippen LogP contribution in [0.5, 0.6) is 0 Å². The Morgan fingerprint density at radius 2 is 0.802 bits per heavy atom. The molecule has 0 aliphatic heterocycles. The lowest BCUT2D eigenvalue weighted by atomic mass is 10.1. The van der Waals surface area contributed by atoms with Crippen molar-refractivity contribution in [1.29, 1.82) is 21.0 Å². The zero-order valence-corrected chi connectivity index (χ0v) is 59.8. The van der Waals surface area contributed by atoms with Gasteiger partial charge in [0, 0.05) is 93.5 Å². The zero-order valence-electron chi connectivity index (χ0n) is 58.1. The van der Waals surface area contributed by atoms with Crippen molar-refractivity contribution in [3.05, 3.63) is 384 Å². The van der Waals surface area contributed by atoms with Gasteiger partial charge in [-0.1, -0.05) is 42.5 Å². The monoisotopic (exact) mass is 1490 g/mol. The molecule has 0 aliphatic carbocycles. The van der Waals surface area contributed by atoms with Crippen LogP contribution in [0.3, 0.4) is 0 Å². The summed E-state index contributed by atoms with van der Waals surface area (Å²) in [7, 11) is 0. The number of thiophene rings is 2. The molecule has 24 nitrogen and oxygen atoms in total. The topological polar surface area (TPSA) is 352 Å². The van der Waals surface area contributed by atoms with E-state index in [9.17, 15) is 28.8 Å². The van der Waals surface area contributed by atoms with Crippen molar-refractivity contribution < 1.29 is 38.3 Å². The second-order valence-corrected chi connectivity index (χ2v) is 24.9. The van der Waals surface area contributed by atoms with Crippen LogP contribution in [0.15, 0.2) is 277 Å². The van der Waals surface area contributed by atoms with Gasteiger partial charge in [0.25, 0.3) is 29.5 Å². The standard InChI is InChI=1S/2C17H12N4O.C17H11N3O2.C17H11N3OS.C17H12N2O3S/c18-12-13-3-1-4-14(11-13)17(22)21-10-8-16(20-21)7-6-15-5-2-9-19-15;18-11-14-2-1-3-15(10-14)17(22)21-9-7-16(20-21)5-4-13-6-8-19-12-13;2*18-11-14-2-1-3-15(10-14)17(21)20-8-6-16(19-20)5-4-13-7-9-22-12-13;20-16(12-3-5-13(6-4-12)17(21)22)19-10-9-14(18-19)7-8-15-2-1-11-23-15/h1-11,19H;1-10,12,19H;2*1-10,12H;1-11H,(H,21,22)/b7-6+;3*5-4+;8-7+. The molecule has 0 saturated carbocycles. The van der Waals surface area contributed by atoms with Gasteiger partial charge in [-0.2, -0.15) is 57.9 Å². The third-order valence-electron chi connectivity index (χ3n) is 15.5. The van der Waals surface area contributed by atoms with Crippen LogP contribution >= 0.6 is 22.7 Å². The summed E-state index contributed by atoms with van der Waals surface area (Å²) in [6.45, 7) is 0. The summed E-state index contributed by atoms with van der Waals surface area (Å²) in [4.78, 5) is 79.5. The molecule has 0 unspecified atom stereocenters. The minimum atomic E-state index is -1.02. The second-order valence-electron chi connectivity index (χ2n) is 23.2. The molecule has 15 rings (SSSR count). The summed E-state index contributed by atoms with van der Waals surface area (Å²) in [5.41, 5.74) is 11.5. The number of benzene rings is 5. The number of carboxylic acids is 1. The average molecular weight is 1500 g/mol. The molecule has 3 N–H and O–H groups in total. The van der Waals surface area contributed by atoms with Crippen molar-refractivity contribution in [2.75, 3.05) is 0 Å². The Morgan fingerprint density at radius 3 is 1.16 bits per heavy atom. The molecule has 10 heterocycles. The fourth-order valence-corrected chi connectivity index (χ4v) is 11.2. The van der Waals surface area contributed by atoms with Gasteiger partial charge in [0.1, 0.15) is 0 Å². The fourth-order valence-electron chi connectivity index (χ4n) is 9.91. The first-order chi connectivity index (χ1) is 54.2. The van der Waals surface area contributed by atoms with E-state index in [1.165, 1.54) is 47.7 Å². The summed E-state index contributed by atoms with van der Waals surface area (Å²) in [5, 5.41) is 71.5. The van der Waals surface area contributed by atoms with E-state index in [2.05, 4.69) is 35.5 Å². The van der Waals surface area contributed by atoms with Crippen LogP contribution < -0.4 is 0 Å². The highest BCUT2D eigenvalue weighted by molar-refractivity contribution is 7.10. The molecule has 15 aromatic rings. The number of furan rings is 1. The van der Waals surface area contributed by atoms with E-state index in [1.54, 1.807) is 200 Å². The Labute approximate surface area is 641 Å². The zero-order chi connectivity index (χ0) is 77.7. The highest BCUT2D eigenvalue weighted by Gasteiger charge is 2.16. The first-order valence-electron chi connectivity index (χ1n) is 33.3. The fraction of sp³-hybridized carbons (Fsp3) is 0. The van der Waals surface area contributed by atoms with Crippen molar-refractivity contribution in [2.24, 2.45) is 0 Å². The summed E-state index contributed by atoms with van der Waals surface area (Å²) in [6, 6.07) is 62.4. The molecule has 0 bridgehead atoms. The number of hydrogen-bond acceptors (Lipinski definition) is 18. The Hall–Kier alpha value is -16.1. The van der Waals surface area contributed by atoms with E-state index in [0.717, 1.165) is 27.3 Å². The van der Waals surface area contributed by atoms with Crippen LogP contribution in [0.1, 0.15) is 140 Å². The minimum absolute atomic E-state index is 0.140. The molecular weight excluding hydrogens is 1440 g/mol. The lowest BCUT2D eigenvalue weighted by Gasteiger charge is -2.01. The molecule has 538 valence electrons. The average Bonchev–Trinajstić information content (AvgIpc) is 1.84. The van der Waals surface area contributed by atoms with Crippen LogP contribution in [0.25, 0.3) is 60.8 Å². The first-order valence-corrected chi connectivity index (χ1v) is 35.1. The van der Waals surface area contributed by atoms with Gasteiger partial charge in [-0.3, -0.25) is 24.0 Å². The molecule has 0 radical (unpaired) electrons. The molecule has 0 atom stereocenters. The number of nitrogens with zero attached hydrogens (tertiary/aromatic N) is 14. The number of nitrogens with one attached hydrogen (secondary N) is 2. The molecule has 0 fully saturated rings. The molecule has 5 aromatic carbocycles. The molecule has 26 heteroatoms.